The van der Waals surface area contributed by atoms with Gasteiger partial charge in [-0.15, -0.1) is 0 Å². The second-order valence-corrected chi connectivity index (χ2v) is 8.29. The Bertz CT molecular complexity index is 1170. The summed E-state index contributed by atoms with van der Waals surface area (Å²) in [7, 11) is 0. The highest BCUT2D eigenvalue weighted by atomic mass is 35.5. The maximum atomic E-state index is 12.5. The van der Waals surface area contributed by atoms with Gasteiger partial charge in [0.1, 0.15) is 0 Å². The normalized spacial score (nSPS) is 10.7. The van der Waals surface area contributed by atoms with Gasteiger partial charge < -0.3 is 5.32 Å². The molecule has 0 saturated carbocycles. The second-order valence-electron chi connectivity index (χ2n) is 6.44. The number of nitrogens with zero attached hydrogens (tertiary/aromatic N) is 1. The fourth-order valence-corrected chi connectivity index (χ4v) is 4.21. The van der Waals surface area contributed by atoms with Crippen molar-refractivity contribution in [2.24, 2.45) is 0 Å². The van der Waals surface area contributed by atoms with Crippen LogP contribution < -0.4 is 10.6 Å². The van der Waals surface area contributed by atoms with Gasteiger partial charge in [0.25, 0.3) is 5.91 Å². The van der Waals surface area contributed by atoms with Gasteiger partial charge in [-0.1, -0.05) is 65.4 Å². The summed E-state index contributed by atoms with van der Waals surface area (Å²) in [5.41, 5.74) is 4.46. The molecule has 4 aromatic rings. The van der Waals surface area contributed by atoms with Crippen LogP contribution in [-0.4, -0.2) is 16.0 Å². The molecule has 0 aliphatic heterocycles. The van der Waals surface area contributed by atoms with Crippen molar-refractivity contribution in [3.05, 3.63) is 82.9 Å². The van der Waals surface area contributed by atoms with Crippen LogP contribution in [-0.2, 0) is 0 Å². The van der Waals surface area contributed by atoms with E-state index in [9.17, 15) is 4.79 Å². The van der Waals surface area contributed by atoms with Crippen molar-refractivity contribution in [3.8, 4) is 11.1 Å². The predicted molar refractivity (Wildman–Crippen MR) is 125 cm³/mol. The van der Waals surface area contributed by atoms with Gasteiger partial charge in [0, 0.05) is 10.6 Å². The number of thiocarbonyl (C=S) groups is 1. The number of carbonyl (C=O) groups is 1. The first-order valence-corrected chi connectivity index (χ1v) is 10.4. The molecule has 3 aromatic carbocycles. The monoisotopic (exact) mass is 437 g/mol. The first-order valence-electron chi connectivity index (χ1n) is 8.84. The largest absolute Gasteiger partial charge is 0.308 e. The van der Waals surface area contributed by atoms with E-state index in [-0.39, 0.29) is 11.0 Å². The van der Waals surface area contributed by atoms with Crippen molar-refractivity contribution < 1.29 is 4.79 Å². The van der Waals surface area contributed by atoms with Crippen LogP contribution in [0.5, 0.6) is 0 Å². The van der Waals surface area contributed by atoms with Crippen LogP contribution >= 0.6 is 35.2 Å². The van der Waals surface area contributed by atoms with Gasteiger partial charge in [-0.05, 0) is 60.1 Å². The molecule has 0 aliphatic rings. The van der Waals surface area contributed by atoms with Gasteiger partial charge in [-0.3, -0.25) is 10.1 Å². The highest BCUT2D eigenvalue weighted by Gasteiger charge is 2.11. The average Bonchev–Trinajstić information content (AvgIpc) is 3.09. The van der Waals surface area contributed by atoms with Crippen molar-refractivity contribution in [1.82, 2.24) is 10.3 Å². The van der Waals surface area contributed by atoms with Gasteiger partial charge in [-0.25, -0.2) is 4.98 Å². The summed E-state index contributed by atoms with van der Waals surface area (Å²) in [6.07, 6.45) is 0. The molecule has 29 heavy (non-hydrogen) atoms. The summed E-state index contributed by atoms with van der Waals surface area (Å²) in [5.74, 6) is -0.276. The van der Waals surface area contributed by atoms with E-state index in [2.05, 4.69) is 15.6 Å². The Morgan fingerprint density at radius 3 is 2.45 bits per heavy atom. The maximum Gasteiger partial charge on any atom is 0.257 e. The van der Waals surface area contributed by atoms with E-state index in [1.54, 1.807) is 12.1 Å². The molecule has 1 amide bonds. The molecule has 7 heteroatoms. The number of aromatic nitrogens is 1. The summed E-state index contributed by atoms with van der Waals surface area (Å²) in [6, 6.07) is 21.2. The summed E-state index contributed by atoms with van der Waals surface area (Å²) in [5, 5.41) is 7.14. The van der Waals surface area contributed by atoms with Gasteiger partial charge >= 0.3 is 0 Å². The number of rotatable bonds is 3. The minimum absolute atomic E-state index is 0.198. The van der Waals surface area contributed by atoms with Crippen LogP contribution in [0.4, 0.5) is 5.13 Å². The minimum Gasteiger partial charge on any atom is -0.308 e. The molecule has 0 unspecified atom stereocenters. The Hall–Kier alpha value is -2.80. The molecule has 144 valence electrons. The first kappa shape index (κ1) is 19.5. The van der Waals surface area contributed by atoms with E-state index >= 15 is 0 Å². The molecule has 0 atom stereocenters. The Kier molecular flexibility index (Phi) is 5.58. The van der Waals surface area contributed by atoms with Crippen LogP contribution in [0, 0.1) is 6.92 Å². The number of thiazole rings is 1. The van der Waals surface area contributed by atoms with E-state index in [1.807, 2.05) is 61.5 Å². The van der Waals surface area contributed by atoms with E-state index in [1.165, 1.54) is 11.3 Å². The third-order valence-electron chi connectivity index (χ3n) is 4.37. The smallest absolute Gasteiger partial charge is 0.257 e. The SMILES string of the molecule is Cc1cc2sc(NC(=S)NC(=O)c3ccc(-c4ccccc4)cc3)nc2cc1Cl. The third-order valence-corrected chi connectivity index (χ3v) is 5.92. The Morgan fingerprint density at radius 1 is 1.03 bits per heavy atom. The van der Waals surface area contributed by atoms with Crippen LogP contribution in [0.2, 0.25) is 5.02 Å². The quantitative estimate of drug-likeness (QED) is 0.383. The van der Waals surface area contributed by atoms with Gasteiger partial charge in [-0.2, -0.15) is 0 Å². The lowest BCUT2D eigenvalue weighted by Gasteiger charge is -2.08. The van der Waals surface area contributed by atoms with Crippen LogP contribution in [0.25, 0.3) is 21.3 Å². The standard InChI is InChI=1S/C22H16ClN3OS2/c1-13-11-19-18(12-17(13)23)24-22(29-19)26-21(28)25-20(27)16-9-7-15(8-10-16)14-5-3-2-4-6-14/h2-12H,1H3,(H2,24,25,26,27,28). The number of nitrogens with one attached hydrogen (secondary N) is 2. The number of carbonyl (C=O) groups excluding carboxylic acids is 1. The number of hydrogen-bond donors (Lipinski definition) is 2. The minimum atomic E-state index is -0.276. The molecule has 2 N–H and O–H groups in total. The number of anilines is 1. The third kappa shape index (κ3) is 4.45. The van der Waals surface area contributed by atoms with Gasteiger partial charge in [0.2, 0.25) is 0 Å². The first-order chi connectivity index (χ1) is 14.0. The Labute approximate surface area is 182 Å². The molecule has 1 heterocycles. The highest BCUT2D eigenvalue weighted by molar-refractivity contribution is 7.80. The molecule has 4 nitrogen and oxygen atoms in total. The van der Waals surface area contributed by atoms with Crippen molar-refractivity contribution in [3.63, 3.8) is 0 Å². The lowest BCUT2D eigenvalue weighted by Crippen LogP contribution is -2.34. The van der Waals surface area contributed by atoms with E-state index in [0.717, 1.165) is 26.9 Å². The van der Waals surface area contributed by atoms with Crippen LogP contribution in [0.3, 0.4) is 0 Å². The molecule has 0 saturated heterocycles. The molecule has 0 bridgehead atoms. The van der Waals surface area contributed by atoms with E-state index in [4.69, 9.17) is 23.8 Å². The summed E-state index contributed by atoms with van der Waals surface area (Å²) >= 11 is 12.9. The topological polar surface area (TPSA) is 54.0 Å². The van der Waals surface area contributed by atoms with E-state index < -0.39 is 0 Å². The highest BCUT2D eigenvalue weighted by Crippen LogP contribution is 2.30. The number of amides is 1. The zero-order valence-corrected chi connectivity index (χ0v) is 17.8. The molecule has 0 aliphatic carbocycles. The van der Waals surface area contributed by atoms with Crippen LogP contribution in [0.1, 0.15) is 15.9 Å². The fraction of sp³-hybridized carbons (Fsp3) is 0.0455. The van der Waals surface area contributed by atoms with Crippen molar-refractivity contribution in [2.45, 2.75) is 6.92 Å². The molecule has 4 rings (SSSR count). The van der Waals surface area contributed by atoms with Crippen molar-refractivity contribution in [1.29, 1.82) is 0 Å². The summed E-state index contributed by atoms with van der Waals surface area (Å²) in [6.45, 7) is 1.95. The lowest BCUT2D eigenvalue weighted by molar-refractivity contribution is 0.0978. The summed E-state index contributed by atoms with van der Waals surface area (Å²) in [4.78, 5) is 16.9. The van der Waals surface area contributed by atoms with Crippen LogP contribution in [0.15, 0.2) is 66.7 Å². The second kappa shape index (κ2) is 8.29. The molecule has 0 radical (unpaired) electrons. The maximum absolute atomic E-state index is 12.5. The molecular formula is C22H16ClN3OS2. The number of benzene rings is 3. The Balaban J connectivity index is 1.42. The number of fused-ring (bicyclic) bond motifs is 1. The Morgan fingerprint density at radius 2 is 1.72 bits per heavy atom. The zero-order chi connectivity index (χ0) is 20.4. The number of halogens is 1. The molecular weight excluding hydrogens is 422 g/mol. The van der Waals surface area contributed by atoms with Gasteiger partial charge in [0.15, 0.2) is 10.2 Å². The molecule has 0 spiro atoms. The predicted octanol–water partition coefficient (Wildman–Crippen LogP) is 6.05. The number of aryl methyl sites for hydroxylation is 1. The molecule has 1 aromatic heterocycles. The lowest BCUT2D eigenvalue weighted by atomic mass is 10.0. The van der Waals surface area contributed by atoms with Crippen molar-refractivity contribution >= 4 is 61.5 Å². The average molecular weight is 438 g/mol. The van der Waals surface area contributed by atoms with Gasteiger partial charge in [0.05, 0.1) is 10.2 Å². The fourth-order valence-electron chi connectivity index (χ4n) is 2.85. The molecule has 0 fully saturated rings. The summed E-state index contributed by atoms with van der Waals surface area (Å²) < 4.78 is 1.00. The van der Waals surface area contributed by atoms with Crippen molar-refractivity contribution in [2.75, 3.05) is 5.32 Å². The number of hydrogen-bond acceptors (Lipinski definition) is 4. The van der Waals surface area contributed by atoms with E-state index in [0.29, 0.717) is 15.7 Å². The zero-order valence-electron chi connectivity index (χ0n) is 15.4.